The van der Waals surface area contributed by atoms with Gasteiger partial charge in [-0.3, -0.25) is 14.7 Å². The molecular weight excluding hydrogens is 414 g/mol. The highest BCUT2D eigenvalue weighted by molar-refractivity contribution is 5.98. The maximum atomic E-state index is 11.7. The SMILES string of the molecule is O=C1NCc2cc(O[C@H]3CCN(Cc4cc5ccc(C6CCOCC6)cc5cn4)C3)ccc21. The van der Waals surface area contributed by atoms with Crippen LogP contribution in [0.1, 0.15) is 52.4 Å². The number of likely N-dealkylation sites (tertiary alicyclic amines) is 1. The predicted molar refractivity (Wildman–Crippen MR) is 126 cm³/mol. The van der Waals surface area contributed by atoms with Crippen molar-refractivity contribution in [3.8, 4) is 5.75 Å². The zero-order valence-corrected chi connectivity index (χ0v) is 18.8. The van der Waals surface area contributed by atoms with E-state index in [2.05, 4.69) is 34.5 Å². The molecule has 6 rings (SSSR count). The van der Waals surface area contributed by atoms with Crippen LogP contribution in [-0.4, -0.2) is 48.2 Å². The van der Waals surface area contributed by atoms with Gasteiger partial charge in [-0.05, 0) is 72.0 Å². The first-order valence-electron chi connectivity index (χ1n) is 12.0. The lowest BCUT2D eigenvalue weighted by molar-refractivity contribution is 0.0853. The minimum absolute atomic E-state index is 0.00582. The summed E-state index contributed by atoms with van der Waals surface area (Å²) >= 11 is 0. The van der Waals surface area contributed by atoms with Gasteiger partial charge in [-0.25, -0.2) is 0 Å². The molecular formula is C27H29N3O3. The van der Waals surface area contributed by atoms with Gasteiger partial charge in [-0.15, -0.1) is 0 Å². The number of hydrogen-bond acceptors (Lipinski definition) is 5. The van der Waals surface area contributed by atoms with E-state index in [9.17, 15) is 4.79 Å². The molecule has 1 amide bonds. The van der Waals surface area contributed by atoms with Gasteiger partial charge in [0.2, 0.25) is 0 Å². The minimum atomic E-state index is 0.00582. The first kappa shape index (κ1) is 20.6. The van der Waals surface area contributed by atoms with E-state index in [0.29, 0.717) is 12.5 Å². The van der Waals surface area contributed by atoms with Gasteiger partial charge in [0.1, 0.15) is 11.9 Å². The molecule has 1 atom stereocenters. The Kier molecular flexibility index (Phi) is 5.48. The lowest BCUT2D eigenvalue weighted by atomic mass is 9.90. The third-order valence-electron chi connectivity index (χ3n) is 7.17. The predicted octanol–water partition coefficient (Wildman–Crippen LogP) is 4.03. The summed E-state index contributed by atoms with van der Waals surface area (Å²) in [5.41, 5.74) is 4.29. The molecule has 2 saturated heterocycles. The van der Waals surface area contributed by atoms with Gasteiger partial charge in [-0.1, -0.05) is 12.1 Å². The Morgan fingerprint density at radius 3 is 2.88 bits per heavy atom. The Labute approximate surface area is 193 Å². The summed E-state index contributed by atoms with van der Waals surface area (Å²) in [6.45, 7) is 5.04. The van der Waals surface area contributed by atoms with Crippen molar-refractivity contribution in [1.29, 1.82) is 0 Å². The fourth-order valence-electron chi connectivity index (χ4n) is 5.32. The summed E-state index contributed by atoms with van der Waals surface area (Å²) in [4.78, 5) is 18.9. The van der Waals surface area contributed by atoms with Gasteiger partial charge < -0.3 is 14.8 Å². The van der Waals surface area contributed by atoms with E-state index < -0.39 is 0 Å². The molecule has 170 valence electrons. The van der Waals surface area contributed by atoms with E-state index in [1.165, 1.54) is 16.3 Å². The summed E-state index contributed by atoms with van der Waals surface area (Å²) in [6.07, 6.45) is 5.40. The lowest BCUT2D eigenvalue weighted by Gasteiger charge is -2.22. The van der Waals surface area contributed by atoms with Crippen LogP contribution in [0.25, 0.3) is 10.8 Å². The van der Waals surface area contributed by atoms with E-state index in [1.807, 2.05) is 24.4 Å². The number of carbonyl (C=O) groups excluding carboxylic acids is 1. The number of pyridine rings is 1. The summed E-state index contributed by atoms with van der Waals surface area (Å²) in [6, 6.07) is 14.8. The third kappa shape index (κ3) is 4.33. The molecule has 2 fully saturated rings. The van der Waals surface area contributed by atoms with E-state index >= 15 is 0 Å². The van der Waals surface area contributed by atoms with Crippen LogP contribution in [0.3, 0.4) is 0 Å². The number of rotatable bonds is 5. The molecule has 6 nitrogen and oxygen atoms in total. The molecule has 0 aliphatic carbocycles. The van der Waals surface area contributed by atoms with Gasteiger partial charge in [0.15, 0.2) is 0 Å². The average Bonchev–Trinajstić information content (AvgIpc) is 3.45. The van der Waals surface area contributed by atoms with Crippen molar-refractivity contribution in [2.75, 3.05) is 26.3 Å². The molecule has 2 aromatic carbocycles. The monoisotopic (exact) mass is 443 g/mol. The van der Waals surface area contributed by atoms with E-state index in [0.717, 1.165) is 74.7 Å². The second kappa shape index (κ2) is 8.76. The number of amides is 1. The molecule has 0 saturated carbocycles. The Bertz CT molecular complexity index is 1190. The zero-order chi connectivity index (χ0) is 22.2. The number of aromatic nitrogens is 1. The lowest BCUT2D eigenvalue weighted by Crippen LogP contribution is -2.25. The van der Waals surface area contributed by atoms with E-state index in [4.69, 9.17) is 14.5 Å². The number of ether oxygens (including phenoxy) is 2. The Morgan fingerprint density at radius 2 is 1.97 bits per heavy atom. The Balaban J connectivity index is 1.08. The van der Waals surface area contributed by atoms with E-state index in [1.54, 1.807) is 0 Å². The summed E-state index contributed by atoms with van der Waals surface area (Å²) < 4.78 is 11.7. The van der Waals surface area contributed by atoms with Crippen LogP contribution >= 0.6 is 0 Å². The van der Waals surface area contributed by atoms with Crippen LogP contribution in [0.15, 0.2) is 48.7 Å². The minimum Gasteiger partial charge on any atom is -0.489 e. The maximum absolute atomic E-state index is 11.7. The van der Waals surface area contributed by atoms with Gasteiger partial charge in [0, 0.05) is 56.5 Å². The van der Waals surface area contributed by atoms with Gasteiger partial charge in [0.25, 0.3) is 5.91 Å². The fraction of sp³-hybridized carbons (Fsp3) is 0.407. The van der Waals surface area contributed by atoms with Gasteiger partial charge in [-0.2, -0.15) is 0 Å². The van der Waals surface area contributed by atoms with Crippen molar-refractivity contribution < 1.29 is 14.3 Å². The Hall–Kier alpha value is -2.96. The van der Waals surface area contributed by atoms with Gasteiger partial charge >= 0.3 is 0 Å². The molecule has 6 heteroatoms. The first-order chi connectivity index (χ1) is 16.2. The molecule has 1 N–H and O–H groups in total. The largest absolute Gasteiger partial charge is 0.489 e. The van der Waals surface area contributed by atoms with Crippen LogP contribution in [0.4, 0.5) is 0 Å². The molecule has 0 spiro atoms. The number of hydrogen-bond donors (Lipinski definition) is 1. The topological polar surface area (TPSA) is 63.7 Å². The van der Waals surface area contributed by atoms with Crippen molar-refractivity contribution in [1.82, 2.24) is 15.2 Å². The number of carbonyl (C=O) groups is 1. The number of benzene rings is 2. The number of nitrogens with one attached hydrogen (secondary N) is 1. The third-order valence-corrected chi connectivity index (χ3v) is 7.17. The highest BCUT2D eigenvalue weighted by Crippen LogP contribution is 2.30. The number of nitrogens with zero attached hydrogens (tertiary/aromatic N) is 2. The second-order valence-electron chi connectivity index (χ2n) is 9.43. The van der Waals surface area contributed by atoms with Crippen molar-refractivity contribution in [3.05, 3.63) is 71.0 Å². The fourth-order valence-corrected chi connectivity index (χ4v) is 5.32. The van der Waals surface area contributed by atoms with Crippen LogP contribution < -0.4 is 10.1 Å². The maximum Gasteiger partial charge on any atom is 0.251 e. The molecule has 0 bridgehead atoms. The van der Waals surface area contributed by atoms with Gasteiger partial charge in [0.05, 0.1) is 5.69 Å². The molecule has 33 heavy (non-hydrogen) atoms. The summed E-state index contributed by atoms with van der Waals surface area (Å²) in [7, 11) is 0. The summed E-state index contributed by atoms with van der Waals surface area (Å²) in [5, 5.41) is 5.33. The summed E-state index contributed by atoms with van der Waals surface area (Å²) in [5.74, 6) is 1.46. The molecule has 3 aromatic rings. The van der Waals surface area contributed by atoms with Crippen LogP contribution in [0, 0.1) is 0 Å². The second-order valence-corrected chi connectivity index (χ2v) is 9.43. The highest BCUT2D eigenvalue weighted by atomic mass is 16.5. The Morgan fingerprint density at radius 1 is 1.06 bits per heavy atom. The van der Waals surface area contributed by atoms with Crippen molar-refractivity contribution in [2.24, 2.45) is 0 Å². The smallest absolute Gasteiger partial charge is 0.251 e. The van der Waals surface area contributed by atoms with E-state index in [-0.39, 0.29) is 12.0 Å². The zero-order valence-electron chi connectivity index (χ0n) is 18.8. The molecule has 0 unspecified atom stereocenters. The van der Waals surface area contributed by atoms with Crippen molar-refractivity contribution in [2.45, 2.75) is 44.4 Å². The first-order valence-corrected chi connectivity index (χ1v) is 12.0. The molecule has 4 heterocycles. The highest BCUT2D eigenvalue weighted by Gasteiger charge is 2.26. The standard InChI is InChI=1S/C27H29N3O3/c31-27-26-4-3-24(13-22(26)15-29-27)33-25-5-8-30(17-25)16-23-12-20-2-1-19(11-21(20)14-28-23)18-6-9-32-10-7-18/h1-4,11-14,18,25H,5-10,15-17H2,(H,29,31)/t25-/m0/s1. The molecule has 3 aliphatic rings. The average molecular weight is 444 g/mol. The van der Waals surface area contributed by atoms with Crippen molar-refractivity contribution in [3.63, 3.8) is 0 Å². The molecule has 1 aromatic heterocycles. The van der Waals surface area contributed by atoms with Crippen molar-refractivity contribution >= 4 is 16.7 Å². The van der Waals surface area contributed by atoms with Crippen LogP contribution in [0.5, 0.6) is 5.75 Å². The number of fused-ring (bicyclic) bond motifs is 2. The molecule has 3 aliphatic heterocycles. The normalized spacial score (nSPS) is 21.3. The molecule has 0 radical (unpaired) electrons. The van der Waals surface area contributed by atoms with Crippen LogP contribution in [-0.2, 0) is 17.8 Å². The van der Waals surface area contributed by atoms with Crippen LogP contribution in [0.2, 0.25) is 0 Å². The quantitative estimate of drug-likeness (QED) is 0.645.